The molecular weight excluding hydrogens is 327 g/mol. The number of ether oxygens (including phenoxy) is 1. The van der Waals surface area contributed by atoms with Crippen molar-refractivity contribution in [2.75, 3.05) is 7.11 Å². The number of rotatable bonds is 1. The van der Waals surface area contributed by atoms with E-state index < -0.39 is 5.97 Å². The highest BCUT2D eigenvalue weighted by Gasteiger charge is 2.20. The van der Waals surface area contributed by atoms with Gasteiger partial charge in [-0.2, -0.15) is 0 Å². The number of carbonyl (C=O) groups is 1. The van der Waals surface area contributed by atoms with Gasteiger partial charge in [0.05, 0.1) is 10.7 Å². The molecular formula is C10H7IO5. The lowest BCUT2D eigenvalue weighted by Crippen LogP contribution is -2.00. The Balaban J connectivity index is 2.73. The number of methoxy groups -OCH3 is 1. The average Bonchev–Trinajstić information content (AvgIpc) is 2.56. The summed E-state index contributed by atoms with van der Waals surface area (Å²) >= 11 is 1.91. The molecule has 84 valence electrons. The molecule has 6 heteroatoms. The van der Waals surface area contributed by atoms with Gasteiger partial charge < -0.3 is 19.4 Å². The molecule has 1 aromatic carbocycles. The fourth-order valence-corrected chi connectivity index (χ4v) is 2.07. The van der Waals surface area contributed by atoms with Crippen LogP contribution in [0, 0.1) is 3.57 Å². The van der Waals surface area contributed by atoms with Gasteiger partial charge in [-0.1, -0.05) is 0 Å². The first-order valence-corrected chi connectivity index (χ1v) is 5.34. The van der Waals surface area contributed by atoms with Gasteiger partial charge in [-0.25, -0.2) is 4.79 Å². The second-order valence-electron chi connectivity index (χ2n) is 3.07. The van der Waals surface area contributed by atoms with E-state index in [2.05, 4.69) is 4.74 Å². The summed E-state index contributed by atoms with van der Waals surface area (Å²) in [6.45, 7) is 0. The third-order valence-electron chi connectivity index (χ3n) is 2.10. The molecule has 0 fully saturated rings. The third kappa shape index (κ3) is 1.58. The maximum Gasteiger partial charge on any atom is 0.375 e. The summed E-state index contributed by atoms with van der Waals surface area (Å²) in [5, 5.41) is 19.2. The van der Waals surface area contributed by atoms with Gasteiger partial charge in [-0.05, 0) is 28.7 Å². The van der Waals surface area contributed by atoms with Crippen LogP contribution in [0.15, 0.2) is 16.5 Å². The highest BCUT2D eigenvalue weighted by Crippen LogP contribution is 2.35. The van der Waals surface area contributed by atoms with Gasteiger partial charge in [-0.3, -0.25) is 0 Å². The third-order valence-corrected chi connectivity index (χ3v) is 3.17. The first-order valence-electron chi connectivity index (χ1n) is 4.27. The van der Waals surface area contributed by atoms with Crippen LogP contribution in [0.1, 0.15) is 10.6 Å². The van der Waals surface area contributed by atoms with Crippen molar-refractivity contribution < 1.29 is 24.2 Å². The number of fused-ring (bicyclic) bond motifs is 1. The first-order chi connectivity index (χ1) is 7.54. The van der Waals surface area contributed by atoms with E-state index in [4.69, 9.17) is 4.42 Å². The molecule has 0 aliphatic rings. The lowest BCUT2D eigenvalue weighted by atomic mass is 10.2. The Kier molecular flexibility index (Phi) is 2.66. The van der Waals surface area contributed by atoms with Crippen LogP contribution < -0.4 is 0 Å². The maximum atomic E-state index is 11.3. The van der Waals surface area contributed by atoms with E-state index >= 15 is 0 Å². The zero-order valence-corrected chi connectivity index (χ0v) is 10.3. The summed E-state index contributed by atoms with van der Waals surface area (Å²) in [5.41, 5.74) is 0.320. The predicted octanol–water partition coefficient (Wildman–Crippen LogP) is 2.24. The molecule has 2 rings (SSSR count). The molecule has 1 aromatic heterocycles. The number of benzene rings is 1. The van der Waals surface area contributed by atoms with E-state index in [-0.39, 0.29) is 17.3 Å². The van der Waals surface area contributed by atoms with Crippen molar-refractivity contribution in [2.24, 2.45) is 0 Å². The minimum Gasteiger partial charge on any atom is -0.504 e. The minimum absolute atomic E-state index is 0.0584. The van der Waals surface area contributed by atoms with Crippen molar-refractivity contribution in [1.82, 2.24) is 0 Å². The van der Waals surface area contributed by atoms with E-state index in [9.17, 15) is 15.0 Å². The topological polar surface area (TPSA) is 79.9 Å². The van der Waals surface area contributed by atoms with Crippen LogP contribution >= 0.6 is 22.6 Å². The molecule has 0 spiro atoms. The number of hydrogen-bond donors (Lipinski definition) is 2. The van der Waals surface area contributed by atoms with Gasteiger partial charge in [0.25, 0.3) is 0 Å². The fourth-order valence-electron chi connectivity index (χ4n) is 1.31. The minimum atomic E-state index is -0.598. The molecule has 1 heterocycles. The Morgan fingerprint density at radius 3 is 2.62 bits per heavy atom. The molecule has 16 heavy (non-hydrogen) atoms. The smallest absolute Gasteiger partial charge is 0.375 e. The van der Waals surface area contributed by atoms with Crippen LogP contribution in [0.3, 0.4) is 0 Å². The Morgan fingerprint density at radius 1 is 1.38 bits per heavy atom. The standard InChI is InChI=1S/C10H7IO5/c1-15-10(14)9-8(11)4-2-5(12)6(13)3-7(4)16-9/h2-3,12-13H,1H3. The summed E-state index contributed by atoms with van der Waals surface area (Å²) < 4.78 is 10.3. The Labute approximate surface area is 104 Å². The van der Waals surface area contributed by atoms with Gasteiger partial charge >= 0.3 is 5.97 Å². The number of aromatic hydroxyl groups is 2. The number of phenolic OH excluding ortho intramolecular Hbond substituents is 2. The summed E-state index contributed by atoms with van der Waals surface area (Å²) in [7, 11) is 1.25. The lowest BCUT2D eigenvalue weighted by molar-refractivity contribution is 0.0566. The van der Waals surface area contributed by atoms with E-state index in [1.54, 1.807) is 0 Å². The largest absolute Gasteiger partial charge is 0.504 e. The van der Waals surface area contributed by atoms with Gasteiger partial charge in [-0.15, -0.1) is 0 Å². The zero-order chi connectivity index (χ0) is 11.9. The van der Waals surface area contributed by atoms with Crippen LogP contribution in [-0.4, -0.2) is 23.3 Å². The Hall–Kier alpha value is -1.44. The van der Waals surface area contributed by atoms with Crippen LogP contribution in [0.5, 0.6) is 11.5 Å². The highest BCUT2D eigenvalue weighted by molar-refractivity contribution is 14.1. The quantitative estimate of drug-likeness (QED) is 0.475. The fraction of sp³-hybridized carbons (Fsp3) is 0.100. The van der Waals surface area contributed by atoms with Crippen LogP contribution in [-0.2, 0) is 4.74 Å². The van der Waals surface area contributed by atoms with Gasteiger partial charge in [0.1, 0.15) is 5.58 Å². The Bertz CT molecular complexity index is 572. The van der Waals surface area contributed by atoms with Crippen molar-refractivity contribution in [1.29, 1.82) is 0 Å². The molecule has 0 radical (unpaired) electrons. The number of phenols is 2. The molecule has 0 bridgehead atoms. The SMILES string of the molecule is COC(=O)c1oc2cc(O)c(O)cc2c1I. The van der Waals surface area contributed by atoms with E-state index in [0.717, 1.165) is 0 Å². The number of esters is 1. The van der Waals surface area contributed by atoms with Crippen LogP contribution in [0.2, 0.25) is 0 Å². The molecule has 0 aliphatic carbocycles. The van der Waals surface area contributed by atoms with Crippen molar-refractivity contribution in [3.63, 3.8) is 0 Å². The number of furan rings is 1. The van der Waals surface area contributed by atoms with E-state index in [1.807, 2.05) is 22.6 Å². The molecule has 2 aromatic rings. The molecule has 2 N–H and O–H groups in total. The molecule has 0 unspecified atom stereocenters. The number of hydrogen-bond acceptors (Lipinski definition) is 5. The second kappa shape index (κ2) is 3.85. The van der Waals surface area contributed by atoms with Crippen LogP contribution in [0.25, 0.3) is 11.0 Å². The summed E-state index contributed by atoms with van der Waals surface area (Å²) in [6, 6.07) is 2.58. The van der Waals surface area contributed by atoms with Gasteiger partial charge in [0.15, 0.2) is 11.5 Å². The monoisotopic (exact) mass is 334 g/mol. The Morgan fingerprint density at radius 2 is 2.00 bits per heavy atom. The summed E-state index contributed by atoms with van der Waals surface area (Å²) in [6.07, 6.45) is 0. The predicted molar refractivity (Wildman–Crippen MR) is 63.6 cm³/mol. The van der Waals surface area contributed by atoms with E-state index in [0.29, 0.717) is 14.5 Å². The second-order valence-corrected chi connectivity index (χ2v) is 4.15. The van der Waals surface area contributed by atoms with Crippen LogP contribution in [0.4, 0.5) is 0 Å². The molecule has 0 saturated heterocycles. The van der Waals surface area contributed by atoms with Crippen molar-refractivity contribution >= 4 is 39.5 Å². The molecule has 0 amide bonds. The zero-order valence-electron chi connectivity index (χ0n) is 8.15. The van der Waals surface area contributed by atoms with E-state index in [1.165, 1.54) is 19.2 Å². The highest BCUT2D eigenvalue weighted by atomic mass is 127. The number of carbonyl (C=O) groups excluding carboxylic acids is 1. The normalized spacial score (nSPS) is 10.6. The molecule has 5 nitrogen and oxygen atoms in total. The number of halogens is 1. The van der Waals surface area contributed by atoms with Gasteiger partial charge in [0, 0.05) is 11.5 Å². The molecule has 0 saturated carbocycles. The molecule has 0 aliphatic heterocycles. The maximum absolute atomic E-state index is 11.3. The van der Waals surface area contributed by atoms with Crippen molar-refractivity contribution in [2.45, 2.75) is 0 Å². The van der Waals surface area contributed by atoms with Crippen molar-refractivity contribution in [3.05, 3.63) is 21.5 Å². The lowest BCUT2D eigenvalue weighted by Gasteiger charge is -1.95. The average molecular weight is 334 g/mol. The summed E-state index contributed by atoms with van der Waals surface area (Å²) in [4.78, 5) is 11.3. The van der Waals surface area contributed by atoms with Crippen molar-refractivity contribution in [3.8, 4) is 11.5 Å². The summed E-state index contributed by atoms with van der Waals surface area (Å²) in [5.74, 6) is -1.10. The molecule has 0 atom stereocenters. The first kappa shape index (κ1) is 11.1. The van der Waals surface area contributed by atoms with Gasteiger partial charge in [0.2, 0.25) is 5.76 Å².